The summed E-state index contributed by atoms with van der Waals surface area (Å²) < 4.78 is 9.49. The van der Waals surface area contributed by atoms with Gasteiger partial charge in [-0.2, -0.15) is 0 Å². The summed E-state index contributed by atoms with van der Waals surface area (Å²) in [5, 5.41) is 8.80. The highest BCUT2D eigenvalue weighted by Crippen LogP contribution is 1.91. The molecule has 0 unspecified atom stereocenters. The first-order chi connectivity index (χ1) is 7.54. The lowest BCUT2D eigenvalue weighted by molar-refractivity contribution is -0.142. The van der Waals surface area contributed by atoms with Gasteiger partial charge in [0, 0.05) is 25.3 Å². The average Bonchev–Trinajstić information content (AvgIpc) is 2.22. The fourth-order valence-electron chi connectivity index (χ4n) is 0.607. The van der Waals surface area contributed by atoms with E-state index in [9.17, 15) is 9.59 Å². The maximum atomic E-state index is 10.1. The van der Waals surface area contributed by atoms with Gasteiger partial charge in [-0.05, 0) is 13.3 Å². The second-order valence-corrected chi connectivity index (χ2v) is 3.52. The van der Waals surface area contributed by atoms with Crippen molar-refractivity contribution in [3.8, 4) is 0 Å². The number of esters is 1. The van der Waals surface area contributed by atoms with Crippen LogP contribution >= 0.6 is 15.9 Å². The molecular weight excluding hydrogens is 280 g/mol. The van der Waals surface area contributed by atoms with E-state index >= 15 is 0 Å². The number of carboxylic acid groups (broad SMARTS) is 1. The molecule has 0 aliphatic heterocycles. The third-order valence-corrected chi connectivity index (χ3v) is 1.82. The molecule has 0 saturated heterocycles. The Morgan fingerprint density at radius 2 is 1.94 bits per heavy atom. The number of carbonyl (C=O) groups is 2. The Morgan fingerprint density at radius 1 is 1.31 bits per heavy atom. The highest BCUT2D eigenvalue weighted by Gasteiger charge is 1.91. The molecule has 0 aromatic rings. The predicted octanol–water partition coefficient (Wildman–Crippen LogP) is 1.83. The van der Waals surface area contributed by atoms with E-state index in [1.807, 2.05) is 6.92 Å². The van der Waals surface area contributed by atoms with Crippen molar-refractivity contribution in [3.63, 3.8) is 0 Å². The van der Waals surface area contributed by atoms with Gasteiger partial charge in [0.15, 0.2) is 0 Å². The van der Waals surface area contributed by atoms with E-state index in [0.29, 0.717) is 19.8 Å². The fraction of sp³-hybridized carbons (Fsp3) is 0.800. The molecule has 6 heteroatoms. The van der Waals surface area contributed by atoms with Crippen molar-refractivity contribution in [1.82, 2.24) is 0 Å². The van der Waals surface area contributed by atoms with Crippen LogP contribution < -0.4 is 0 Å². The maximum Gasteiger partial charge on any atom is 0.303 e. The fourth-order valence-corrected chi connectivity index (χ4v) is 0.887. The van der Waals surface area contributed by atoms with E-state index in [4.69, 9.17) is 9.84 Å². The lowest BCUT2D eigenvalue weighted by Crippen LogP contribution is -2.06. The SMILES string of the molecule is CCOCCOC(C)=O.O=C(O)CCCBr. The molecule has 0 bridgehead atoms. The number of halogens is 1. The largest absolute Gasteiger partial charge is 0.481 e. The number of carbonyl (C=O) groups excluding carboxylic acids is 1. The second-order valence-electron chi connectivity index (χ2n) is 2.72. The van der Waals surface area contributed by atoms with Crippen LogP contribution in [-0.4, -0.2) is 42.2 Å². The Hall–Kier alpha value is -0.620. The Labute approximate surface area is 104 Å². The first kappa shape index (κ1) is 17.8. The van der Waals surface area contributed by atoms with E-state index in [0.717, 1.165) is 11.8 Å². The Balaban J connectivity index is 0. The molecule has 0 amide bonds. The number of alkyl halides is 1. The number of rotatable bonds is 7. The van der Waals surface area contributed by atoms with Crippen molar-refractivity contribution in [2.75, 3.05) is 25.2 Å². The van der Waals surface area contributed by atoms with Crippen LogP contribution in [0.3, 0.4) is 0 Å². The van der Waals surface area contributed by atoms with Gasteiger partial charge in [0.25, 0.3) is 0 Å². The minimum absolute atomic E-state index is 0.255. The number of hydrogen-bond donors (Lipinski definition) is 1. The van der Waals surface area contributed by atoms with Gasteiger partial charge in [0.1, 0.15) is 6.61 Å². The van der Waals surface area contributed by atoms with Gasteiger partial charge in [-0.1, -0.05) is 15.9 Å². The minimum Gasteiger partial charge on any atom is -0.481 e. The van der Waals surface area contributed by atoms with Crippen LogP contribution in [0.5, 0.6) is 0 Å². The number of aliphatic carboxylic acids is 1. The van der Waals surface area contributed by atoms with Crippen molar-refractivity contribution >= 4 is 27.9 Å². The third-order valence-electron chi connectivity index (χ3n) is 1.26. The highest BCUT2D eigenvalue weighted by molar-refractivity contribution is 9.09. The van der Waals surface area contributed by atoms with Gasteiger partial charge in [-0.25, -0.2) is 0 Å². The molecule has 0 radical (unpaired) electrons. The van der Waals surface area contributed by atoms with Gasteiger partial charge in [-0.15, -0.1) is 0 Å². The third kappa shape index (κ3) is 23.3. The van der Waals surface area contributed by atoms with Crippen molar-refractivity contribution in [2.24, 2.45) is 0 Å². The molecule has 0 aliphatic carbocycles. The van der Waals surface area contributed by atoms with E-state index in [-0.39, 0.29) is 12.4 Å². The zero-order valence-corrected chi connectivity index (χ0v) is 11.3. The van der Waals surface area contributed by atoms with Gasteiger partial charge in [-0.3, -0.25) is 9.59 Å². The first-order valence-corrected chi connectivity index (χ1v) is 6.15. The number of ether oxygens (including phenoxy) is 2. The molecule has 96 valence electrons. The van der Waals surface area contributed by atoms with Crippen molar-refractivity contribution in [3.05, 3.63) is 0 Å². The van der Waals surface area contributed by atoms with E-state index in [2.05, 4.69) is 20.7 Å². The molecule has 16 heavy (non-hydrogen) atoms. The molecule has 0 aromatic heterocycles. The molecule has 0 rings (SSSR count). The normalized spacial score (nSPS) is 8.94. The van der Waals surface area contributed by atoms with E-state index < -0.39 is 5.97 Å². The summed E-state index contributed by atoms with van der Waals surface area (Å²) in [6.07, 6.45) is 0.987. The topological polar surface area (TPSA) is 72.8 Å². The monoisotopic (exact) mass is 298 g/mol. The summed E-state index contributed by atoms with van der Waals surface area (Å²) in [4.78, 5) is 19.9. The summed E-state index contributed by atoms with van der Waals surface area (Å²) in [5.41, 5.74) is 0. The molecule has 0 spiro atoms. The van der Waals surface area contributed by atoms with E-state index in [1.165, 1.54) is 6.92 Å². The van der Waals surface area contributed by atoms with Gasteiger partial charge in [0.2, 0.25) is 0 Å². The molecule has 1 N–H and O–H groups in total. The molecule has 0 heterocycles. The molecule has 0 atom stereocenters. The molecule has 5 nitrogen and oxygen atoms in total. The van der Waals surface area contributed by atoms with Gasteiger partial charge in [0.05, 0.1) is 6.61 Å². The van der Waals surface area contributed by atoms with Crippen molar-refractivity contribution in [2.45, 2.75) is 26.7 Å². The van der Waals surface area contributed by atoms with Crippen LogP contribution in [0.15, 0.2) is 0 Å². The van der Waals surface area contributed by atoms with E-state index in [1.54, 1.807) is 0 Å². The zero-order chi connectivity index (χ0) is 12.8. The zero-order valence-electron chi connectivity index (χ0n) is 9.70. The van der Waals surface area contributed by atoms with Crippen molar-refractivity contribution < 1.29 is 24.2 Å². The van der Waals surface area contributed by atoms with Crippen LogP contribution in [-0.2, 0) is 19.1 Å². The standard InChI is InChI=1S/C6H12O3.C4H7BrO2/c1-3-8-4-5-9-6(2)7;5-3-1-2-4(6)7/h3-5H2,1-2H3;1-3H2,(H,6,7). The Kier molecular flexibility index (Phi) is 16.0. The minimum atomic E-state index is -0.723. The van der Waals surface area contributed by atoms with Gasteiger partial charge < -0.3 is 14.6 Å². The summed E-state index contributed by atoms with van der Waals surface area (Å²) >= 11 is 3.11. The van der Waals surface area contributed by atoms with Crippen LogP contribution in [0, 0.1) is 0 Å². The molecule has 0 aromatic carbocycles. The van der Waals surface area contributed by atoms with Crippen molar-refractivity contribution in [1.29, 1.82) is 0 Å². The quantitative estimate of drug-likeness (QED) is 0.441. The van der Waals surface area contributed by atoms with Crippen LogP contribution in [0.1, 0.15) is 26.7 Å². The molecule has 0 fully saturated rings. The maximum absolute atomic E-state index is 10.1. The lowest BCUT2D eigenvalue weighted by Gasteiger charge is -1.99. The summed E-state index contributed by atoms with van der Waals surface area (Å²) in [6, 6.07) is 0. The van der Waals surface area contributed by atoms with Crippen LogP contribution in [0.2, 0.25) is 0 Å². The summed E-state index contributed by atoms with van der Waals surface area (Å²) in [5.74, 6) is -0.978. The predicted molar refractivity (Wildman–Crippen MR) is 63.8 cm³/mol. The van der Waals surface area contributed by atoms with Crippen LogP contribution in [0.25, 0.3) is 0 Å². The highest BCUT2D eigenvalue weighted by atomic mass is 79.9. The Bertz CT molecular complexity index is 184. The smallest absolute Gasteiger partial charge is 0.303 e. The molecule has 0 aliphatic rings. The molecule has 0 saturated carbocycles. The number of carboxylic acids is 1. The summed E-state index contributed by atoms with van der Waals surface area (Å²) in [6.45, 7) is 4.81. The van der Waals surface area contributed by atoms with Crippen LogP contribution in [0.4, 0.5) is 0 Å². The summed E-state index contributed by atoms with van der Waals surface area (Å²) in [7, 11) is 0. The molecular formula is C10H19BrO5. The average molecular weight is 299 g/mol. The first-order valence-electron chi connectivity index (χ1n) is 5.03. The Morgan fingerprint density at radius 3 is 2.25 bits per heavy atom. The van der Waals surface area contributed by atoms with Gasteiger partial charge >= 0.3 is 11.9 Å². The lowest BCUT2D eigenvalue weighted by atomic mass is 10.3. The number of hydrogen-bond acceptors (Lipinski definition) is 4. The second kappa shape index (κ2) is 14.4.